The van der Waals surface area contributed by atoms with E-state index >= 15 is 0 Å². The number of likely N-dealkylation sites (N-methyl/N-ethyl adjacent to an activating group) is 1. The summed E-state index contributed by atoms with van der Waals surface area (Å²) in [6.07, 6.45) is 0. The molecule has 1 N–H and O–H groups in total. The van der Waals surface area contributed by atoms with Crippen LogP contribution in [-0.2, 0) is 4.79 Å². The minimum atomic E-state index is -3.08. The number of halogens is 4. The fourth-order valence-electron chi connectivity index (χ4n) is 2.48. The van der Waals surface area contributed by atoms with Gasteiger partial charge in [0.25, 0.3) is 5.91 Å². The van der Waals surface area contributed by atoms with E-state index in [0.717, 1.165) is 6.07 Å². The van der Waals surface area contributed by atoms with Gasteiger partial charge in [-0.2, -0.15) is 8.78 Å². The fraction of sp³-hybridized carbons (Fsp3) is 0.263. The van der Waals surface area contributed by atoms with Crippen molar-refractivity contribution in [3.8, 4) is 11.5 Å². The van der Waals surface area contributed by atoms with Crippen LogP contribution in [0, 0.1) is 0 Å². The molecule has 2 aromatic rings. The van der Waals surface area contributed by atoms with Crippen molar-refractivity contribution in [1.82, 2.24) is 4.90 Å². The van der Waals surface area contributed by atoms with E-state index in [1.807, 2.05) is 0 Å². The first-order valence-electron chi connectivity index (χ1n) is 8.42. The number of ether oxygens (including phenoxy) is 2. The van der Waals surface area contributed by atoms with Gasteiger partial charge in [-0.3, -0.25) is 9.59 Å². The highest BCUT2D eigenvalue weighted by atomic mass is 35.5. The number of methoxy groups -OCH3 is 1. The van der Waals surface area contributed by atoms with Crippen LogP contribution in [0.2, 0.25) is 10.0 Å². The number of carbonyl (C=O) groups is 2. The van der Waals surface area contributed by atoms with Gasteiger partial charge >= 0.3 is 6.61 Å². The Hall–Kier alpha value is -2.58. The van der Waals surface area contributed by atoms with Gasteiger partial charge in [0.1, 0.15) is 6.54 Å². The highest BCUT2D eigenvalue weighted by molar-refractivity contribution is 6.39. The third kappa shape index (κ3) is 5.95. The molecule has 2 amide bonds. The lowest BCUT2D eigenvalue weighted by Gasteiger charge is -2.21. The van der Waals surface area contributed by atoms with Crippen molar-refractivity contribution in [3.63, 3.8) is 0 Å². The van der Waals surface area contributed by atoms with Crippen LogP contribution in [0.25, 0.3) is 0 Å². The van der Waals surface area contributed by atoms with Crippen molar-refractivity contribution in [2.45, 2.75) is 13.5 Å². The highest BCUT2D eigenvalue weighted by Gasteiger charge is 2.21. The Balaban J connectivity index is 2.17. The van der Waals surface area contributed by atoms with Crippen LogP contribution < -0.4 is 14.8 Å². The number of para-hydroxylation sites is 1. The third-order valence-electron chi connectivity index (χ3n) is 3.86. The van der Waals surface area contributed by atoms with Gasteiger partial charge in [0.2, 0.25) is 5.91 Å². The SMILES string of the molecule is CCN(CC(=O)Nc1c(Cl)cccc1Cl)C(=O)c1ccc(OC)c(OC(F)F)c1. The second-order valence-corrected chi connectivity index (χ2v) is 6.52. The van der Waals surface area contributed by atoms with Crippen LogP contribution in [-0.4, -0.2) is 43.5 Å². The Labute approximate surface area is 176 Å². The molecule has 2 aromatic carbocycles. The normalized spacial score (nSPS) is 10.6. The molecule has 0 aliphatic carbocycles. The Morgan fingerprint density at radius 1 is 1.14 bits per heavy atom. The van der Waals surface area contributed by atoms with Crippen LogP contribution >= 0.6 is 23.2 Å². The summed E-state index contributed by atoms with van der Waals surface area (Å²) in [5, 5.41) is 3.07. The summed E-state index contributed by atoms with van der Waals surface area (Å²) < 4.78 is 34.5. The number of amides is 2. The van der Waals surface area contributed by atoms with Crippen LogP contribution in [0.15, 0.2) is 36.4 Å². The van der Waals surface area contributed by atoms with E-state index in [-0.39, 0.29) is 45.9 Å². The number of alkyl halides is 2. The lowest BCUT2D eigenvalue weighted by Crippen LogP contribution is -2.38. The van der Waals surface area contributed by atoms with E-state index in [1.165, 1.54) is 24.1 Å². The maximum Gasteiger partial charge on any atom is 0.387 e. The molecule has 0 fully saturated rings. The first-order chi connectivity index (χ1) is 13.8. The first-order valence-corrected chi connectivity index (χ1v) is 9.18. The second kappa shape index (κ2) is 10.3. The molecule has 0 bridgehead atoms. The quantitative estimate of drug-likeness (QED) is 0.637. The predicted octanol–water partition coefficient (Wildman–Crippen LogP) is 4.70. The molecule has 0 aliphatic heterocycles. The van der Waals surface area contributed by atoms with E-state index in [1.54, 1.807) is 25.1 Å². The standard InChI is InChI=1S/C19H18Cl2F2N2O4/c1-3-25(10-16(26)24-17-12(20)5-4-6-13(17)21)18(27)11-7-8-14(28-2)15(9-11)29-19(22)23/h4-9,19H,3,10H2,1-2H3,(H,24,26). The van der Waals surface area contributed by atoms with E-state index in [4.69, 9.17) is 27.9 Å². The van der Waals surface area contributed by atoms with Gasteiger partial charge in [0, 0.05) is 12.1 Å². The number of hydrogen-bond donors (Lipinski definition) is 1. The number of nitrogens with zero attached hydrogens (tertiary/aromatic N) is 1. The average molecular weight is 447 g/mol. The number of carbonyl (C=O) groups excluding carboxylic acids is 2. The molecule has 0 heterocycles. The van der Waals surface area contributed by atoms with Crippen molar-refractivity contribution in [2.75, 3.05) is 25.5 Å². The topological polar surface area (TPSA) is 67.9 Å². The molecule has 0 spiro atoms. The predicted molar refractivity (Wildman–Crippen MR) is 106 cm³/mol. The van der Waals surface area contributed by atoms with Gasteiger partial charge in [-0.1, -0.05) is 29.3 Å². The third-order valence-corrected chi connectivity index (χ3v) is 4.49. The molecule has 0 saturated carbocycles. The monoisotopic (exact) mass is 446 g/mol. The molecule has 10 heteroatoms. The molecule has 0 aromatic heterocycles. The van der Waals surface area contributed by atoms with Gasteiger partial charge in [-0.25, -0.2) is 0 Å². The van der Waals surface area contributed by atoms with Crippen molar-refractivity contribution >= 4 is 40.7 Å². The zero-order valence-corrected chi connectivity index (χ0v) is 17.1. The van der Waals surface area contributed by atoms with E-state index in [2.05, 4.69) is 10.1 Å². The maximum atomic E-state index is 12.7. The van der Waals surface area contributed by atoms with Gasteiger partial charge in [-0.05, 0) is 37.3 Å². The molecule has 2 rings (SSSR count). The van der Waals surface area contributed by atoms with Gasteiger partial charge in [0.15, 0.2) is 11.5 Å². The molecule has 0 atom stereocenters. The minimum absolute atomic E-state index is 0.0519. The van der Waals surface area contributed by atoms with Crippen LogP contribution in [0.4, 0.5) is 14.5 Å². The number of hydrogen-bond acceptors (Lipinski definition) is 4. The van der Waals surface area contributed by atoms with Gasteiger partial charge in [-0.15, -0.1) is 0 Å². The summed E-state index contributed by atoms with van der Waals surface area (Å²) >= 11 is 12.0. The molecule has 156 valence electrons. The number of rotatable bonds is 8. The summed E-state index contributed by atoms with van der Waals surface area (Å²) in [5.74, 6) is -1.30. The van der Waals surface area contributed by atoms with E-state index < -0.39 is 18.4 Å². The summed E-state index contributed by atoms with van der Waals surface area (Å²) in [6.45, 7) is -1.51. The van der Waals surface area contributed by atoms with Crippen LogP contribution in [0.5, 0.6) is 11.5 Å². The van der Waals surface area contributed by atoms with Gasteiger partial charge < -0.3 is 19.7 Å². The summed E-state index contributed by atoms with van der Waals surface area (Å²) in [6, 6.07) is 8.62. The molecule has 6 nitrogen and oxygen atoms in total. The fourth-order valence-corrected chi connectivity index (χ4v) is 2.97. The van der Waals surface area contributed by atoms with Crippen LogP contribution in [0.3, 0.4) is 0 Å². The maximum absolute atomic E-state index is 12.7. The summed E-state index contributed by atoms with van der Waals surface area (Å²) in [4.78, 5) is 26.3. The van der Waals surface area contributed by atoms with Crippen molar-refractivity contribution in [2.24, 2.45) is 0 Å². The molecular formula is C19H18Cl2F2N2O4. The zero-order valence-electron chi connectivity index (χ0n) is 15.5. The zero-order chi connectivity index (χ0) is 21.6. The Bertz CT molecular complexity index is 876. The first kappa shape index (κ1) is 22.7. The highest BCUT2D eigenvalue weighted by Crippen LogP contribution is 2.31. The molecule has 0 aliphatic rings. The van der Waals surface area contributed by atoms with Crippen LogP contribution in [0.1, 0.15) is 17.3 Å². The lowest BCUT2D eigenvalue weighted by molar-refractivity contribution is -0.116. The largest absolute Gasteiger partial charge is 0.493 e. The Kier molecular flexibility index (Phi) is 8.04. The Morgan fingerprint density at radius 3 is 2.34 bits per heavy atom. The molecule has 0 unspecified atom stereocenters. The molecule has 29 heavy (non-hydrogen) atoms. The van der Waals surface area contributed by atoms with Crippen molar-refractivity contribution in [3.05, 3.63) is 52.0 Å². The van der Waals surface area contributed by atoms with Gasteiger partial charge in [0.05, 0.1) is 22.8 Å². The number of benzene rings is 2. The summed E-state index contributed by atoms with van der Waals surface area (Å²) in [7, 11) is 1.29. The average Bonchev–Trinajstić information content (AvgIpc) is 2.68. The summed E-state index contributed by atoms with van der Waals surface area (Å²) in [5.41, 5.74) is 0.299. The molecule has 0 saturated heterocycles. The molecular weight excluding hydrogens is 429 g/mol. The van der Waals surface area contributed by atoms with Crippen molar-refractivity contribution in [1.29, 1.82) is 0 Å². The number of anilines is 1. The van der Waals surface area contributed by atoms with Crippen molar-refractivity contribution < 1.29 is 27.8 Å². The number of nitrogens with one attached hydrogen (secondary N) is 1. The minimum Gasteiger partial charge on any atom is -0.493 e. The smallest absolute Gasteiger partial charge is 0.387 e. The molecule has 0 radical (unpaired) electrons. The van der Waals surface area contributed by atoms with E-state index in [9.17, 15) is 18.4 Å². The van der Waals surface area contributed by atoms with E-state index in [0.29, 0.717) is 0 Å². The second-order valence-electron chi connectivity index (χ2n) is 5.71. The Morgan fingerprint density at radius 2 is 1.79 bits per heavy atom. The lowest BCUT2D eigenvalue weighted by atomic mass is 10.1.